The lowest BCUT2D eigenvalue weighted by atomic mass is 10.0. The third-order valence-electron chi connectivity index (χ3n) is 2.32. The Morgan fingerprint density at radius 2 is 1.94 bits per heavy atom. The topological polar surface area (TPSA) is 72.8 Å². The Kier molecular flexibility index (Phi) is 2.52. The molecule has 1 aliphatic heterocycles. The number of ketones is 1. The van der Waals surface area contributed by atoms with Gasteiger partial charge in [0.25, 0.3) is 0 Å². The molecule has 0 saturated heterocycles. The van der Waals surface area contributed by atoms with Gasteiger partial charge in [0.2, 0.25) is 6.79 Å². The van der Waals surface area contributed by atoms with Gasteiger partial charge in [0, 0.05) is 5.56 Å². The molecule has 0 spiro atoms. The third kappa shape index (κ3) is 1.84. The summed E-state index contributed by atoms with van der Waals surface area (Å²) in [6, 6.07) is 3.08. The number of carbonyl (C=O) groups is 2. The van der Waals surface area contributed by atoms with E-state index in [2.05, 4.69) is 0 Å². The number of fused-ring (bicyclic) bond motifs is 1. The summed E-state index contributed by atoms with van der Waals surface area (Å²) in [7, 11) is 0. The van der Waals surface area contributed by atoms with Gasteiger partial charge in [-0.3, -0.25) is 9.59 Å². The highest BCUT2D eigenvalue weighted by Crippen LogP contribution is 2.35. The van der Waals surface area contributed by atoms with Gasteiger partial charge in [-0.2, -0.15) is 0 Å². The number of aliphatic carboxylic acids is 1. The minimum atomic E-state index is -0.985. The number of hydrogen-bond donors (Lipinski definition) is 1. The number of benzene rings is 1. The number of rotatable bonds is 3. The standard InChI is InChI=1S/C11H10O5/c1-6(12)8-4-10-9(15-5-16-10)2-7(8)3-11(13)14/h2,4H,3,5H2,1H3,(H,13,14). The summed E-state index contributed by atoms with van der Waals surface area (Å²) in [6.45, 7) is 1.49. The van der Waals surface area contributed by atoms with Crippen molar-refractivity contribution in [3.05, 3.63) is 23.3 Å². The molecule has 0 unspecified atom stereocenters. The molecule has 2 rings (SSSR count). The van der Waals surface area contributed by atoms with Crippen molar-refractivity contribution < 1.29 is 24.2 Å². The fourth-order valence-corrected chi connectivity index (χ4v) is 1.62. The number of Topliss-reactive ketones (excluding diaryl/α,β-unsaturated/α-hetero) is 1. The van der Waals surface area contributed by atoms with E-state index in [9.17, 15) is 9.59 Å². The Morgan fingerprint density at radius 3 is 2.50 bits per heavy atom. The van der Waals surface area contributed by atoms with Gasteiger partial charge in [-0.15, -0.1) is 0 Å². The minimum absolute atomic E-state index is 0.100. The zero-order valence-corrected chi connectivity index (χ0v) is 8.65. The fraction of sp³-hybridized carbons (Fsp3) is 0.273. The number of carboxylic acid groups (broad SMARTS) is 1. The Balaban J connectivity index is 2.48. The van der Waals surface area contributed by atoms with Crippen LogP contribution in [0.2, 0.25) is 0 Å². The summed E-state index contributed by atoms with van der Waals surface area (Å²) in [6.07, 6.45) is -0.203. The second-order valence-electron chi connectivity index (χ2n) is 3.49. The van der Waals surface area contributed by atoms with Crippen LogP contribution in [-0.4, -0.2) is 23.7 Å². The molecule has 1 aromatic carbocycles. The van der Waals surface area contributed by atoms with Gasteiger partial charge in [0.05, 0.1) is 6.42 Å². The number of carbonyl (C=O) groups excluding carboxylic acids is 1. The molecule has 5 nitrogen and oxygen atoms in total. The molecule has 84 valence electrons. The first-order valence-electron chi connectivity index (χ1n) is 4.73. The first-order chi connectivity index (χ1) is 7.58. The van der Waals surface area contributed by atoms with Crippen molar-refractivity contribution in [3.8, 4) is 11.5 Å². The maximum absolute atomic E-state index is 11.4. The molecule has 0 aliphatic carbocycles. The lowest BCUT2D eigenvalue weighted by molar-refractivity contribution is -0.136. The molecule has 0 amide bonds. The molecular formula is C11H10O5. The van der Waals surface area contributed by atoms with Gasteiger partial charge in [-0.1, -0.05) is 0 Å². The summed E-state index contributed by atoms with van der Waals surface area (Å²) >= 11 is 0. The van der Waals surface area contributed by atoms with Crippen molar-refractivity contribution >= 4 is 11.8 Å². The van der Waals surface area contributed by atoms with Crippen LogP contribution in [0.5, 0.6) is 11.5 Å². The van der Waals surface area contributed by atoms with E-state index in [0.29, 0.717) is 22.6 Å². The van der Waals surface area contributed by atoms with Crippen molar-refractivity contribution in [2.24, 2.45) is 0 Å². The Labute approximate surface area is 91.6 Å². The molecule has 0 radical (unpaired) electrons. The molecule has 16 heavy (non-hydrogen) atoms. The molecular weight excluding hydrogens is 212 g/mol. The summed E-state index contributed by atoms with van der Waals surface area (Å²) in [5.41, 5.74) is 0.816. The molecule has 1 N–H and O–H groups in total. The monoisotopic (exact) mass is 222 g/mol. The zero-order chi connectivity index (χ0) is 11.7. The molecule has 0 bridgehead atoms. The Bertz CT molecular complexity index is 464. The second kappa shape index (κ2) is 3.84. The molecule has 0 fully saturated rings. The average molecular weight is 222 g/mol. The van der Waals surface area contributed by atoms with Gasteiger partial charge in [0.15, 0.2) is 17.3 Å². The van der Waals surface area contributed by atoms with E-state index in [-0.39, 0.29) is 19.0 Å². The smallest absolute Gasteiger partial charge is 0.307 e. The maximum Gasteiger partial charge on any atom is 0.307 e. The van der Waals surface area contributed by atoms with E-state index in [1.54, 1.807) is 6.07 Å². The largest absolute Gasteiger partial charge is 0.481 e. The lowest BCUT2D eigenvalue weighted by Gasteiger charge is -2.06. The van der Waals surface area contributed by atoms with Gasteiger partial charge < -0.3 is 14.6 Å². The highest BCUT2D eigenvalue weighted by atomic mass is 16.7. The second-order valence-corrected chi connectivity index (χ2v) is 3.49. The lowest BCUT2D eigenvalue weighted by Crippen LogP contribution is -2.06. The van der Waals surface area contributed by atoms with E-state index in [0.717, 1.165) is 0 Å². The highest BCUT2D eigenvalue weighted by molar-refractivity contribution is 5.97. The molecule has 0 atom stereocenters. The van der Waals surface area contributed by atoms with Crippen molar-refractivity contribution in [2.75, 3.05) is 6.79 Å². The van der Waals surface area contributed by atoms with Crippen molar-refractivity contribution in [3.63, 3.8) is 0 Å². The molecule has 1 aliphatic rings. The van der Waals surface area contributed by atoms with Crippen LogP contribution in [0.1, 0.15) is 22.8 Å². The predicted octanol–water partition coefficient (Wildman–Crippen LogP) is 1.24. The minimum Gasteiger partial charge on any atom is -0.481 e. The van der Waals surface area contributed by atoms with Crippen LogP contribution in [0.3, 0.4) is 0 Å². The Morgan fingerprint density at radius 1 is 1.31 bits per heavy atom. The zero-order valence-electron chi connectivity index (χ0n) is 8.65. The predicted molar refractivity (Wildman–Crippen MR) is 53.9 cm³/mol. The van der Waals surface area contributed by atoms with Gasteiger partial charge >= 0.3 is 5.97 Å². The summed E-state index contributed by atoms with van der Waals surface area (Å²) in [5.74, 6) is -0.198. The first-order valence-corrected chi connectivity index (χ1v) is 4.73. The highest BCUT2D eigenvalue weighted by Gasteiger charge is 2.20. The van der Waals surface area contributed by atoms with Crippen LogP contribution in [0.15, 0.2) is 12.1 Å². The Hall–Kier alpha value is -2.04. The molecule has 0 aromatic heterocycles. The van der Waals surface area contributed by atoms with Crippen LogP contribution in [0, 0.1) is 0 Å². The SMILES string of the molecule is CC(=O)c1cc2c(cc1CC(=O)O)OCO2. The van der Waals surface area contributed by atoms with Crippen molar-refractivity contribution in [2.45, 2.75) is 13.3 Å². The van der Waals surface area contributed by atoms with Crippen LogP contribution in [0.25, 0.3) is 0 Å². The van der Waals surface area contributed by atoms with Crippen molar-refractivity contribution in [1.29, 1.82) is 0 Å². The molecule has 5 heteroatoms. The van der Waals surface area contributed by atoms with Crippen molar-refractivity contribution in [1.82, 2.24) is 0 Å². The van der Waals surface area contributed by atoms with Gasteiger partial charge in [0.1, 0.15) is 0 Å². The molecule has 1 heterocycles. The van der Waals surface area contributed by atoms with E-state index >= 15 is 0 Å². The normalized spacial score (nSPS) is 12.6. The van der Waals surface area contributed by atoms with E-state index in [4.69, 9.17) is 14.6 Å². The fourth-order valence-electron chi connectivity index (χ4n) is 1.62. The van der Waals surface area contributed by atoms with Crippen LogP contribution in [0.4, 0.5) is 0 Å². The van der Waals surface area contributed by atoms with E-state index in [1.165, 1.54) is 13.0 Å². The first kappa shape index (κ1) is 10.5. The number of carboxylic acids is 1. The third-order valence-corrected chi connectivity index (χ3v) is 2.32. The number of hydrogen-bond acceptors (Lipinski definition) is 4. The van der Waals surface area contributed by atoms with E-state index < -0.39 is 5.97 Å². The average Bonchev–Trinajstić information content (AvgIpc) is 2.62. The van der Waals surface area contributed by atoms with Gasteiger partial charge in [-0.05, 0) is 24.6 Å². The molecule has 1 aromatic rings. The summed E-state index contributed by atoms with van der Waals surface area (Å²) < 4.78 is 10.3. The number of ether oxygens (including phenoxy) is 2. The maximum atomic E-state index is 11.4. The van der Waals surface area contributed by atoms with Crippen LogP contribution >= 0.6 is 0 Å². The summed E-state index contributed by atoms with van der Waals surface area (Å²) in [4.78, 5) is 22.0. The van der Waals surface area contributed by atoms with Gasteiger partial charge in [-0.25, -0.2) is 0 Å². The van der Waals surface area contributed by atoms with Crippen LogP contribution < -0.4 is 9.47 Å². The quantitative estimate of drug-likeness (QED) is 0.779. The van der Waals surface area contributed by atoms with Crippen LogP contribution in [-0.2, 0) is 11.2 Å². The summed E-state index contributed by atoms with van der Waals surface area (Å²) in [5, 5.41) is 8.74. The molecule has 0 saturated carbocycles. The van der Waals surface area contributed by atoms with E-state index in [1.807, 2.05) is 0 Å².